The van der Waals surface area contributed by atoms with Crippen LogP contribution in [0.25, 0.3) is 0 Å². The van der Waals surface area contributed by atoms with E-state index in [0.717, 1.165) is 24.3 Å². The summed E-state index contributed by atoms with van der Waals surface area (Å²) in [5.41, 5.74) is 6.60. The Bertz CT molecular complexity index is 274. The summed E-state index contributed by atoms with van der Waals surface area (Å²) < 4.78 is 5.52. The minimum atomic E-state index is 0.221. The molecule has 1 aliphatic carbocycles. The van der Waals surface area contributed by atoms with Crippen molar-refractivity contribution in [2.24, 2.45) is 5.73 Å². The van der Waals surface area contributed by atoms with Crippen molar-refractivity contribution in [2.75, 3.05) is 11.9 Å². The number of aryl methyl sites for hydroxylation is 2. The van der Waals surface area contributed by atoms with Gasteiger partial charge in [-0.05, 0) is 19.8 Å². The largest absolute Gasteiger partial charge is 0.428 e. The zero-order chi connectivity index (χ0) is 9.26. The first kappa shape index (κ1) is 8.56. The van der Waals surface area contributed by atoms with Gasteiger partial charge in [0.25, 0.3) is 6.01 Å². The molecule has 0 saturated carbocycles. The van der Waals surface area contributed by atoms with Crippen molar-refractivity contribution >= 4 is 6.01 Å². The van der Waals surface area contributed by atoms with E-state index in [2.05, 4.69) is 10.3 Å². The summed E-state index contributed by atoms with van der Waals surface area (Å²) in [5, 5.41) is 3.12. The number of anilines is 1. The first-order valence-electron chi connectivity index (χ1n) is 4.75. The monoisotopic (exact) mass is 181 g/mol. The standard InChI is InChI=1S/C9H15N3O/c1-6(5-10)11-9-12-7-3-2-4-8(7)13-9/h6H,2-5,10H2,1H3,(H,11,12). The topological polar surface area (TPSA) is 64.1 Å². The van der Waals surface area contributed by atoms with Crippen LogP contribution in [0.15, 0.2) is 4.42 Å². The van der Waals surface area contributed by atoms with E-state index in [1.807, 2.05) is 6.92 Å². The van der Waals surface area contributed by atoms with Crippen LogP contribution in [0.5, 0.6) is 0 Å². The molecule has 2 rings (SSSR count). The Morgan fingerprint density at radius 2 is 2.46 bits per heavy atom. The van der Waals surface area contributed by atoms with Gasteiger partial charge in [-0.3, -0.25) is 0 Å². The fourth-order valence-electron chi connectivity index (χ4n) is 1.52. The maximum Gasteiger partial charge on any atom is 0.295 e. The lowest BCUT2D eigenvalue weighted by Crippen LogP contribution is -2.25. The predicted molar refractivity (Wildman–Crippen MR) is 50.7 cm³/mol. The average molecular weight is 181 g/mol. The highest BCUT2D eigenvalue weighted by Gasteiger charge is 2.18. The lowest BCUT2D eigenvalue weighted by molar-refractivity contribution is 0.514. The lowest BCUT2D eigenvalue weighted by Gasteiger charge is -2.07. The molecule has 0 aromatic carbocycles. The molecular weight excluding hydrogens is 166 g/mol. The third-order valence-electron chi connectivity index (χ3n) is 2.32. The molecule has 72 valence electrons. The van der Waals surface area contributed by atoms with Crippen LogP contribution in [0, 0.1) is 0 Å². The van der Waals surface area contributed by atoms with E-state index in [-0.39, 0.29) is 6.04 Å². The van der Waals surface area contributed by atoms with Gasteiger partial charge in [0.05, 0.1) is 5.69 Å². The summed E-state index contributed by atoms with van der Waals surface area (Å²) in [6, 6.07) is 0.849. The zero-order valence-electron chi connectivity index (χ0n) is 7.84. The van der Waals surface area contributed by atoms with E-state index >= 15 is 0 Å². The van der Waals surface area contributed by atoms with Crippen molar-refractivity contribution in [1.82, 2.24) is 4.98 Å². The van der Waals surface area contributed by atoms with Crippen molar-refractivity contribution in [3.63, 3.8) is 0 Å². The van der Waals surface area contributed by atoms with Gasteiger partial charge in [0.2, 0.25) is 0 Å². The van der Waals surface area contributed by atoms with Crippen molar-refractivity contribution in [2.45, 2.75) is 32.2 Å². The molecule has 0 spiro atoms. The van der Waals surface area contributed by atoms with Gasteiger partial charge in [-0.15, -0.1) is 0 Å². The van der Waals surface area contributed by atoms with Crippen LogP contribution in [0.3, 0.4) is 0 Å². The van der Waals surface area contributed by atoms with Gasteiger partial charge in [0, 0.05) is 19.0 Å². The maximum absolute atomic E-state index is 5.52. The van der Waals surface area contributed by atoms with Gasteiger partial charge in [0.1, 0.15) is 5.76 Å². The smallest absolute Gasteiger partial charge is 0.295 e. The Hall–Kier alpha value is -1.03. The fraction of sp³-hybridized carbons (Fsp3) is 0.667. The molecular formula is C9H15N3O. The number of rotatable bonds is 3. The third-order valence-corrected chi connectivity index (χ3v) is 2.32. The highest BCUT2D eigenvalue weighted by atomic mass is 16.4. The van der Waals surface area contributed by atoms with E-state index in [1.165, 1.54) is 6.42 Å². The molecule has 3 N–H and O–H groups in total. The Labute approximate surface area is 77.5 Å². The number of nitrogens with two attached hydrogens (primary N) is 1. The molecule has 1 aromatic rings. The second kappa shape index (κ2) is 3.38. The molecule has 4 nitrogen and oxygen atoms in total. The van der Waals surface area contributed by atoms with Crippen molar-refractivity contribution in [3.05, 3.63) is 11.5 Å². The molecule has 0 radical (unpaired) electrons. The Kier molecular flexibility index (Phi) is 2.22. The molecule has 0 bridgehead atoms. The number of fused-ring (bicyclic) bond motifs is 1. The first-order chi connectivity index (χ1) is 6.29. The highest BCUT2D eigenvalue weighted by Crippen LogP contribution is 2.24. The molecule has 1 atom stereocenters. The van der Waals surface area contributed by atoms with Crippen LogP contribution in [0.2, 0.25) is 0 Å². The number of nitrogens with one attached hydrogen (secondary N) is 1. The molecule has 1 aliphatic rings. The van der Waals surface area contributed by atoms with Crippen LogP contribution in [-0.4, -0.2) is 17.6 Å². The highest BCUT2D eigenvalue weighted by molar-refractivity contribution is 5.29. The second-order valence-electron chi connectivity index (χ2n) is 3.52. The molecule has 0 fully saturated rings. The second-order valence-corrected chi connectivity index (χ2v) is 3.52. The van der Waals surface area contributed by atoms with Gasteiger partial charge in [0.15, 0.2) is 0 Å². The van der Waals surface area contributed by atoms with E-state index < -0.39 is 0 Å². The summed E-state index contributed by atoms with van der Waals surface area (Å²) in [4.78, 5) is 4.35. The Balaban J connectivity index is 2.06. The van der Waals surface area contributed by atoms with Gasteiger partial charge in [-0.1, -0.05) is 0 Å². The van der Waals surface area contributed by atoms with Crippen molar-refractivity contribution in [3.8, 4) is 0 Å². The van der Waals surface area contributed by atoms with E-state index in [4.69, 9.17) is 10.2 Å². The number of oxazole rings is 1. The quantitative estimate of drug-likeness (QED) is 0.728. The molecule has 0 aliphatic heterocycles. The summed E-state index contributed by atoms with van der Waals surface area (Å²) in [6.45, 7) is 2.60. The third kappa shape index (κ3) is 1.67. The minimum absolute atomic E-state index is 0.221. The molecule has 13 heavy (non-hydrogen) atoms. The van der Waals surface area contributed by atoms with Gasteiger partial charge in [-0.25, -0.2) is 0 Å². The molecule has 1 aromatic heterocycles. The van der Waals surface area contributed by atoms with Gasteiger partial charge >= 0.3 is 0 Å². The summed E-state index contributed by atoms with van der Waals surface area (Å²) >= 11 is 0. The Morgan fingerprint density at radius 3 is 3.15 bits per heavy atom. The normalized spacial score (nSPS) is 17.1. The maximum atomic E-state index is 5.52. The van der Waals surface area contributed by atoms with E-state index in [0.29, 0.717) is 12.6 Å². The predicted octanol–water partition coefficient (Wildman–Crippen LogP) is 0.922. The Morgan fingerprint density at radius 1 is 1.62 bits per heavy atom. The molecule has 1 unspecified atom stereocenters. The fourth-order valence-corrected chi connectivity index (χ4v) is 1.52. The molecule has 0 amide bonds. The van der Waals surface area contributed by atoms with Crippen LogP contribution in [0.4, 0.5) is 6.01 Å². The van der Waals surface area contributed by atoms with Gasteiger partial charge in [-0.2, -0.15) is 4.98 Å². The molecule has 4 heteroatoms. The number of hydrogen-bond donors (Lipinski definition) is 2. The zero-order valence-corrected chi connectivity index (χ0v) is 7.84. The SMILES string of the molecule is CC(CN)Nc1nc2c(o1)CCC2. The summed E-state index contributed by atoms with van der Waals surface area (Å²) in [7, 11) is 0. The number of hydrogen-bond acceptors (Lipinski definition) is 4. The molecule has 1 heterocycles. The average Bonchev–Trinajstić information content (AvgIpc) is 2.63. The summed E-state index contributed by atoms with van der Waals surface area (Å²) in [5.74, 6) is 1.05. The van der Waals surface area contributed by atoms with E-state index in [1.54, 1.807) is 0 Å². The molecule has 0 saturated heterocycles. The first-order valence-corrected chi connectivity index (χ1v) is 4.75. The van der Waals surface area contributed by atoms with Crippen LogP contribution >= 0.6 is 0 Å². The van der Waals surface area contributed by atoms with Gasteiger partial charge < -0.3 is 15.5 Å². The summed E-state index contributed by atoms with van der Waals surface area (Å²) in [6.07, 6.45) is 3.26. The minimum Gasteiger partial charge on any atom is -0.428 e. The van der Waals surface area contributed by atoms with Crippen molar-refractivity contribution < 1.29 is 4.42 Å². The number of nitrogens with zero attached hydrogens (tertiary/aromatic N) is 1. The van der Waals surface area contributed by atoms with E-state index in [9.17, 15) is 0 Å². The van der Waals surface area contributed by atoms with Crippen LogP contribution < -0.4 is 11.1 Å². The van der Waals surface area contributed by atoms with Crippen molar-refractivity contribution in [1.29, 1.82) is 0 Å². The van der Waals surface area contributed by atoms with Crippen LogP contribution in [-0.2, 0) is 12.8 Å². The number of aromatic nitrogens is 1. The van der Waals surface area contributed by atoms with Crippen LogP contribution in [0.1, 0.15) is 24.8 Å². The lowest BCUT2D eigenvalue weighted by atomic mass is 10.3.